The Hall–Kier alpha value is -1.16. The molecule has 16 heavy (non-hydrogen) atoms. The summed E-state index contributed by atoms with van der Waals surface area (Å²) in [6.45, 7) is 5.40. The molecule has 2 amide bonds. The first kappa shape index (κ1) is 12.9. The molecular weight excluding hydrogens is 220 g/mol. The maximum absolute atomic E-state index is 11.8. The average Bonchev–Trinajstić information content (AvgIpc) is 2.31. The van der Waals surface area contributed by atoms with Crippen LogP contribution in [0.1, 0.15) is 13.8 Å². The lowest BCUT2D eigenvalue weighted by Crippen LogP contribution is -2.34. The number of carbonyl (C=O) groups excluding carboxylic acids is 1. The van der Waals surface area contributed by atoms with Crippen molar-refractivity contribution in [2.45, 2.75) is 18.7 Å². The van der Waals surface area contributed by atoms with Gasteiger partial charge in [-0.25, -0.2) is 4.79 Å². The number of benzene rings is 1. The molecule has 3 nitrogen and oxygen atoms in total. The molecular formula is C12H18N2OS. The lowest BCUT2D eigenvalue weighted by Gasteiger charge is -2.20. The zero-order valence-electron chi connectivity index (χ0n) is 9.99. The van der Waals surface area contributed by atoms with E-state index in [9.17, 15) is 4.79 Å². The van der Waals surface area contributed by atoms with Gasteiger partial charge in [0.1, 0.15) is 0 Å². The Morgan fingerprint density at radius 3 is 2.50 bits per heavy atom. The van der Waals surface area contributed by atoms with Crippen LogP contribution in [0.3, 0.4) is 0 Å². The molecule has 0 fully saturated rings. The molecule has 0 aromatic heterocycles. The summed E-state index contributed by atoms with van der Waals surface area (Å²) in [4.78, 5) is 14.7. The van der Waals surface area contributed by atoms with Gasteiger partial charge >= 0.3 is 6.03 Å². The minimum absolute atomic E-state index is 0.0356. The van der Waals surface area contributed by atoms with Gasteiger partial charge in [-0.2, -0.15) is 0 Å². The Morgan fingerprint density at radius 2 is 1.94 bits per heavy atom. The standard InChI is InChI=1S/C12H18N2OS/c1-4-14(5-2)12(15)13-10-8-6-7-9-11(10)16-3/h6-9H,4-5H2,1-3H3,(H,13,15). The third-order valence-electron chi connectivity index (χ3n) is 2.40. The number of thioether (sulfide) groups is 1. The van der Waals surface area contributed by atoms with E-state index in [-0.39, 0.29) is 6.03 Å². The fraction of sp³-hybridized carbons (Fsp3) is 0.417. The van der Waals surface area contributed by atoms with Gasteiger partial charge in [-0.15, -0.1) is 11.8 Å². The van der Waals surface area contributed by atoms with Crippen LogP contribution in [-0.4, -0.2) is 30.3 Å². The smallest absolute Gasteiger partial charge is 0.321 e. The van der Waals surface area contributed by atoms with Crippen molar-refractivity contribution in [2.75, 3.05) is 24.7 Å². The third-order valence-corrected chi connectivity index (χ3v) is 3.20. The highest BCUT2D eigenvalue weighted by Crippen LogP contribution is 2.24. The Morgan fingerprint density at radius 1 is 1.31 bits per heavy atom. The van der Waals surface area contributed by atoms with Gasteiger partial charge in [-0.05, 0) is 32.2 Å². The van der Waals surface area contributed by atoms with Gasteiger partial charge < -0.3 is 10.2 Å². The second kappa shape index (κ2) is 6.43. The predicted molar refractivity (Wildman–Crippen MR) is 70.2 cm³/mol. The monoisotopic (exact) mass is 238 g/mol. The van der Waals surface area contributed by atoms with E-state index >= 15 is 0 Å². The maximum atomic E-state index is 11.8. The summed E-state index contributed by atoms with van der Waals surface area (Å²) >= 11 is 1.63. The second-order valence-corrected chi connectivity index (χ2v) is 4.15. The number of nitrogens with zero attached hydrogens (tertiary/aromatic N) is 1. The van der Waals surface area contributed by atoms with E-state index < -0.39 is 0 Å². The fourth-order valence-corrected chi connectivity index (χ4v) is 2.01. The van der Waals surface area contributed by atoms with Crippen molar-refractivity contribution in [3.63, 3.8) is 0 Å². The predicted octanol–water partition coefficient (Wildman–Crippen LogP) is 3.28. The molecule has 0 unspecified atom stereocenters. The van der Waals surface area contributed by atoms with Gasteiger partial charge in [-0.3, -0.25) is 0 Å². The summed E-state index contributed by atoms with van der Waals surface area (Å²) in [5, 5.41) is 2.93. The normalized spacial score (nSPS) is 9.94. The number of para-hydroxylation sites is 1. The SMILES string of the molecule is CCN(CC)C(=O)Nc1ccccc1SC. The zero-order chi connectivity index (χ0) is 12.0. The summed E-state index contributed by atoms with van der Waals surface area (Å²) in [6, 6.07) is 7.79. The lowest BCUT2D eigenvalue weighted by atomic mass is 10.3. The molecule has 88 valence electrons. The van der Waals surface area contributed by atoms with Gasteiger partial charge in [-0.1, -0.05) is 12.1 Å². The highest BCUT2D eigenvalue weighted by molar-refractivity contribution is 7.98. The van der Waals surface area contributed by atoms with Gasteiger partial charge in [0, 0.05) is 18.0 Å². The van der Waals surface area contributed by atoms with Crippen molar-refractivity contribution in [1.29, 1.82) is 0 Å². The van der Waals surface area contributed by atoms with Crippen LogP contribution in [0, 0.1) is 0 Å². The molecule has 0 aliphatic carbocycles. The zero-order valence-corrected chi connectivity index (χ0v) is 10.8. The molecule has 1 N–H and O–H groups in total. The van der Waals surface area contributed by atoms with Crippen molar-refractivity contribution in [3.8, 4) is 0 Å². The van der Waals surface area contributed by atoms with E-state index in [4.69, 9.17) is 0 Å². The van der Waals surface area contributed by atoms with E-state index in [1.807, 2.05) is 44.4 Å². The molecule has 1 aromatic carbocycles. The summed E-state index contributed by atoms with van der Waals surface area (Å²) in [5.74, 6) is 0. The molecule has 0 bridgehead atoms. The lowest BCUT2D eigenvalue weighted by molar-refractivity contribution is 0.217. The Balaban J connectivity index is 2.76. The minimum atomic E-state index is -0.0356. The van der Waals surface area contributed by atoms with Crippen molar-refractivity contribution in [1.82, 2.24) is 4.90 Å². The minimum Gasteiger partial charge on any atom is -0.325 e. The summed E-state index contributed by atoms with van der Waals surface area (Å²) in [5.41, 5.74) is 0.881. The Labute approximate surface area is 101 Å². The Kier molecular flexibility index (Phi) is 5.19. The van der Waals surface area contributed by atoms with Gasteiger partial charge in [0.05, 0.1) is 5.69 Å². The molecule has 0 aliphatic rings. The van der Waals surface area contributed by atoms with E-state index in [0.717, 1.165) is 23.7 Å². The van der Waals surface area contributed by atoms with Crippen LogP contribution in [0.4, 0.5) is 10.5 Å². The molecule has 0 radical (unpaired) electrons. The first-order valence-corrected chi connectivity index (χ1v) is 6.64. The second-order valence-electron chi connectivity index (χ2n) is 3.30. The number of amides is 2. The van der Waals surface area contributed by atoms with Gasteiger partial charge in [0.25, 0.3) is 0 Å². The summed E-state index contributed by atoms with van der Waals surface area (Å²) < 4.78 is 0. The van der Waals surface area contributed by atoms with Crippen molar-refractivity contribution < 1.29 is 4.79 Å². The van der Waals surface area contributed by atoms with Crippen LogP contribution in [-0.2, 0) is 0 Å². The average molecular weight is 238 g/mol. The van der Waals surface area contributed by atoms with E-state index in [0.29, 0.717) is 0 Å². The van der Waals surface area contributed by atoms with Crippen molar-refractivity contribution in [3.05, 3.63) is 24.3 Å². The first-order valence-electron chi connectivity index (χ1n) is 5.41. The fourth-order valence-electron chi connectivity index (χ4n) is 1.45. The number of nitrogens with one attached hydrogen (secondary N) is 1. The molecule has 4 heteroatoms. The number of carbonyl (C=O) groups is 1. The number of hydrogen-bond acceptors (Lipinski definition) is 2. The van der Waals surface area contributed by atoms with Crippen LogP contribution in [0.25, 0.3) is 0 Å². The number of urea groups is 1. The molecule has 1 aromatic rings. The molecule has 0 heterocycles. The molecule has 0 atom stereocenters. The highest BCUT2D eigenvalue weighted by atomic mass is 32.2. The van der Waals surface area contributed by atoms with Crippen LogP contribution in [0.15, 0.2) is 29.2 Å². The van der Waals surface area contributed by atoms with Crippen LogP contribution < -0.4 is 5.32 Å². The van der Waals surface area contributed by atoms with Crippen LogP contribution in [0.5, 0.6) is 0 Å². The van der Waals surface area contributed by atoms with E-state index in [2.05, 4.69) is 5.32 Å². The number of hydrogen-bond donors (Lipinski definition) is 1. The molecule has 1 rings (SSSR count). The van der Waals surface area contributed by atoms with Crippen LogP contribution in [0.2, 0.25) is 0 Å². The highest BCUT2D eigenvalue weighted by Gasteiger charge is 2.10. The number of anilines is 1. The summed E-state index contributed by atoms with van der Waals surface area (Å²) in [6.07, 6.45) is 2.00. The van der Waals surface area contributed by atoms with Crippen molar-refractivity contribution >= 4 is 23.5 Å². The topological polar surface area (TPSA) is 32.3 Å². The van der Waals surface area contributed by atoms with E-state index in [1.54, 1.807) is 16.7 Å². The van der Waals surface area contributed by atoms with Crippen molar-refractivity contribution in [2.24, 2.45) is 0 Å². The molecule has 0 aliphatic heterocycles. The first-order chi connectivity index (χ1) is 7.72. The van der Waals surface area contributed by atoms with E-state index in [1.165, 1.54) is 0 Å². The quantitative estimate of drug-likeness (QED) is 0.816. The molecule has 0 saturated carbocycles. The summed E-state index contributed by atoms with van der Waals surface area (Å²) in [7, 11) is 0. The third kappa shape index (κ3) is 3.17. The number of rotatable bonds is 4. The Bertz CT molecular complexity index is 351. The van der Waals surface area contributed by atoms with Gasteiger partial charge in [0.2, 0.25) is 0 Å². The maximum Gasteiger partial charge on any atom is 0.321 e. The van der Waals surface area contributed by atoms with Crippen LogP contribution >= 0.6 is 11.8 Å². The molecule has 0 spiro atoms. The largest absolute Gasteiger partial charge is 0.325 e. The molecule has 0 saturated heterocycles. The van der Waals surface area contributed by atoms with Gasteiger partial charge in [0.15, 0.2) is 0 Å².